The van der Waals surface area contributed by atoms with Gasteiger partial charge in [0.2, 0.25) is 0 Å². The van der Waals surface area contributed by atoms with E-state index in [9.17, 15) is 27.2 Å². The standard InChI is InChI=1S/C9H14F4N2O3/c1-15(4-2-3-6(16)17)8(18)14-5-9(12,13)7(10)11/h7H,2-5H2,1H3,(H,14,18)(H,16,17). The molecule has 0 bridgehead atoms. The molecule has 0 aliphatic carbocycles. The molecule has 0 fully saturated rings. The number of rotatable bonds is 7. The topological polar surface area (TPSA) is 69.6 Å². The van der Waals surface area contributed by atoms with Gasteiger partial charge in [-0.05, 0) is 6.42 Å². The van der Waals surface area contributed by atoms with Crippen LogP contribution in [-0.2, 0) is 4.79 Å². The molecule has 106 valence electrons. The lowest BCUT2D eigenvalue weighted by atomic mass is 10.3. The number of halogens is 4. The van der Waals surface area contributed by atoms with Crippen LogP contribution >= 0.6 is 0 Å². The summed E-state index contributed by atoms with van der Waals surface area (Å²) in [7, 11) is 1.25. The van der Waals surface area contributed by atoms with E-state index in [2.05, 4.69) is 0 Å². The van der Waals surface area contributed by atoms with Gasteiger partial charge in [0, 0.05) is 20.0 Å². The normalized spacial score (nSPS) is 11.4. The van der Waals surface area contributed by atoms with Crippen LogP contribution in [0.25, 0.3) is 0 Å². The first kappa shape index (κ1) is 16.5. The van der Waals surface area contributed by atoms with E-state index >= 15 is 0 Å². The van der Waals surface area contributed by atoms with E-state index in [1.165, 1.54) is 7.05 Å². The first-order valence-electron chi connectivity index (χ1n) is 5.03. The lowest BCUT2D eigenvalue weighted by molar-refractivity contribution is -0.137. The van der Waals surface area contributed by atoms with Crippen molar-refractivity contribution in [3.05, 3.63) is 0 Å². The van der Waals surface area contributed by atoms with Gasteiger partial charge in [0.15, 0.2) is 0 Å². The maximum atomic E-state index is 12.5. The second-order valence-electron chi connectivity index (χ2n) is 3.64. The Labute approximate surface area is 101 Å². The van der Waals surface area contributed by atoms with E-state index in [0.29, 0.717) is 0 Å². The number of carboxylic acids is 1. The second kappa shape index (κ2) is 7.02. The van der Waals surface area contributed by atoms with Gasteiger partial charge in [-0.1, -0.05) is 0 Å². The van der Waals surface area contributed by atoms with Gasteiger partial charge in [0.05, 0.1) is 6.54 Å². The monoisotopic (exact) mass is 274 g/mol. The molecule has 0 saturated carbocycles. The van der Waals surface area contributed by atoms with E-state index in [-0.39, 0.29) is 19.4 Å². The van der Waals surface area contributed by atoms with E-state index in [1.807, 2.05) is 0 Å². The molecule has 0 aromatic carbocycles. The molecule has 5 nitrogen and oxygen atoms in total. The van der Waals surface area contributed by atoms with Crippen molar-refractivity contribution in [1.29, 1.82) is 0 Å². The maximum Gasteiger partial charge on any atom is 0.324 e. The number of amides is 2. The SMILES string of the molecule is CN(CCCC(=O)O)C(=O)NCC(F)(F)C(F)F. The molecule has 0 spiro atoms. The second-order valence-corrected chi connectivity index (χ2v) is 3.64. The number of carboxylic acid groups (broad SMARTS) is 1. The van der Waals surface area contributed by atoms with Crippen LogP contribution in [0.5, 0.6) is 0 Å². The summed E-state index contributed by atoms with van der Waals surface area (Å²) in [5.41, 5.74) is 0. The molecule has 0 aromatic rings. The lowest BCUT2D eigenvalue weighted by Crippen LogP contribution is -2.46. The Morgan fingerprint density at radius 1 is 1.39 bits per heavy atom. The lowest BCUT2D eigenvalue weighted by Gasteiger charge is -2.20. The molecule has 0 unspecified atom stereocenters. The zero-order chi connectivity index (χ0) is 14.3. The van der Waals surface area contributed by atoms with Crippen LogP contribution in [0.1, 0.15) is 12.8 Å². The van der Waals surface area contributed by atoms with Crippen LogP contribution in [0, 0.1) is 0 Å². The number of alkyl halides is 4. The number of carbonyl (C=O) groups is 2. The van der Waals surface area contributed by atoms with Crippen molar-refractivity contribution < 1.29 is 32.3 Å². The minimum absolute atomic E-state index is 0.0262. The molecule has 0 aliphatic rings. The number of urea groups is 1. The maximum absolute atomic E-state index is 12.5. The fraction of sp³-hybridized carbons (Fsp3) is 0.778. The van der Waals surface area contributed by atoms with Crippen LogP contribution in [0.4, 0.5) is 22.4 Å². The van der Waals surface area contributed by atoms with Crippen LogP contribution in [0.2, 0.25) is 0 Å². The Balaban J connectivity index is 3.98. The molecule has 0 aliphatic heterocycles. The minimum Gasteiger partial charge on any atom is -0.481 e. The summed E-state index contributed by atoms with van der Waals surface area (Å²) in [6.07, 6.45) is -3.88. The number of nitrogens with zero attached hydrogens (tertiary/aromatic N) is 1. The fourth-order valence-corrected chi connectivity index (χ4v) is 0.975. The minimum atomic E-state index is -4.28. The molecule has 0 heterocycles. The first-order chi connectivity index (χ1) is 8.16. The summed E-state index contributed by atoms with van der Waals surface area (Å²) in [4.78, 5) is 22.3. The smallest absolute Gasteiger partial charge is 0.324 e. The van der Waals surface area contributed by atoms with Gasteiger partial charge < -0.3 is 15.3 Å². The van der Waals surface area contributed by atoms with Crippen molar-refractivity contribution in [2.45, 2.75) is 25.2 Å². The molecule has 2 N–H and O–H groups in total. The van der Waals surface area contributed by atoms with Crippen LogP contribution < -0.4 is 5.32 Å². The van der Waals surface area contributed by atoms with Crippen LogP contribution in [0.3, 0.4) is 0 Å². The highest BCUT2D eigenvalue weighted by atomic mass is 19.3. The zero-order valence-electron chi connectivity index (χ0n) is 9.63. The summed E-state index contributed by atoms with van der Waals surface area (Å²) >= 11 is 0. The third kappa shape index (κ3) is 6.26. The number of hydrogen-bond acceptors (Lipinski definition) is 2. The summed E-state index contributed by atoms with van der Waals surface area (Å²) in [5, 5.41) is 9.99. The van der Waals surface area contributed by atoms with Crippen molar-refractivity contribution in [3.63, 3.8) is 0 Å². The molecular weight excluding hydrogens is 260 g/mol. The fourth-order valence-electron chi connectivity index (χ4n) is 0.975. The summed E-state index contributed by atoms with van der Waals surface area (Å²) in [6, 6.07) is -0.958. The molecule has 0 atom stereocenters. The molecule has 0 aromatic heterocycles. The van der Waals surface area contributed by atoms with Crippen molar-refractivity contribution in [2.75, 3.05) is 20.1 Å². The van der Waals surface area contributed by atoms with Crippen molar-refractivity contribution in [2.24, 2.45) is 0 Å². The Morgan fingerprint density at radius 2 is 1.94 bits per heavy atom. The van der Waals surface area contributed by atoms with Crippen LogP contribution in [-0.4, -0.2) is 54.5 Å². The van der Waals surface area contributed by atoms with Gasteiger partial charge in [0.25, 0.3) is 0 Å². The van der Waals surface area contributed by atoms with Crippen LogP contribution in [0.15, 0.2) is 0 Å². The molecule has 18 heavy (non-hydrogen) atoms. The molecule has 0 rings (SSSR count). The predicted molar refractivity (Wildman–Crippen MR) is 53.8 cm³/mol. The van der Waals surface area contributed by atoms with Crippen molar-refractivity contribution in [1.82, 2.24) is 10.2 Å². The van der Waals surface area contributed by atoms with Gasteiger partial charge in [0.1, 0.15) is 0 Å². The zero-order valence-corrected chi connectivity index (χ0v) is 9.63. The van der Waals surface area contributed by atoms with Gasteiger partial charge in [-0.3, -0.25) is 4.79 Å². The van der Waals surface area contributed by atoms with Gasteiger partial charge in [-0.25, -0.2) is 13.6 Å². The van der Waals surface area contributed by atoms with Crippen molar-refractivity contribution in [3.8, 4) is 0 Å². The van der Waals surface area contributed by atoms with E-state index in [1.54, 1.807) is 5.32 Å². The number of nitrogens with one attached hydrogen (secondary N) is 1. The van der Waals surface area contributed by atoms with Gasteiger partial charge in [-0.2, -0.15) is 8.78 Å². The van der Waals surface area contributed by atoms with Gasteiger partial charge in [-0.15, -0.1) is 0 Å². The molecule has 0 radical (unpaired) electrons. The van der Waals surface area contributed by atoms with Crippen molar-refractivity contribution >= 4 is 12.0 Å². The average Bonchev–Trinajstić information content (AvgIpc) is 2.25. The largest absolute Gasteiger partial charge is 0.481 e. The third-order valence-corrected chi connectivity index (χ3v) is 2.03. The van der Waals surface area contributed by atoms with Gasteiger partial charge >= 0.3 is 24.3 Å². The Kier molecular flexibility index (Phi) is 6.42. The quantitative estimate of drug-likeness (QED) is 0.689. The first-order valence-corrected chi connectivity index (χ1v) is 5.03. The highest BCUT2D eigenvalue weighted by Crippen LogP contribution is 2.21. The van der Waals surface area contributed by atoms with E-state index in [4.69, 9.17) is 5.11 Å². The number of hydrogen-bond donors (Lipinski definition) is 2. The number of carbonyl (C=O) groups excluding carboxylic acids is 1. The molecule has 2 amide bonds. The Hall–Kier alpha value is -1.54. The Bertz CT molecular complexity index is 300. The van der Waals surface area contributed by atoms with E-state index < -0.39 is 30.9 Å². The third-order valence-electron chi connectivity index (χ3n) is 2.03. The summed E-state index contributed by atoms with van der Waals surface area (Å²) < 4.78 is 48.5. The summed E-state index contributed by atoms with van der Waals surface area (Å²) in [5.74, 6) is -5.33. The molecular formula is C9H14F4N2O3. The molecule has 0 saturated heterocycles. The average molecular weight is 274 g/mol. The predicted octanol–water partition coefficient (Wildman–Crippen LogP) is 1.39. The summed E-state index contributed by atoms with van der Waals surface area (Å²) in [6.45, 7) is -1.44. The number of aliphatic carboxylic acids is 1. The highest BCUT2D eigenvalue weighted by Gasteiger charge is 2.40. The van der Waals surface area contributed by atoms with E-state index in [0.717, 1.165) is 4.90 Å². The Morgan fingerprint density at radius 3 is 2.39 bits per heavy atom. The highest BCUT2D eigenvalue weighted by molar-refractivity contribution is 5.74. The molecule has 9 heteroatoms.